The molecule has 1 aromatic rings. The van der Waals surface area contributed by atoms with Crippen molar-refractivity contribution in [1.82, 2.24) is 14.8 Å². The largest absolute Gasteiger partial charge is 0.480 e. The summed E-state index contributed by atoms with van der Waals surface area (Å²) in [6.07, 6.45) is 2.52. The van der Waals surface area contributed by atoms with E-state index in [1.165, 1.54) is 7.11 Å². The van der Waals surface area contributed by atoms with E-state index < -0.39 is 0 Å². The molecule has 1 N–H and O–H groups in total. The molecular formula is C14H21N3O3. The molecular weight excluding hydrogens is 258 g/mol. The van der Waals surface area contributed by atoms with Crippen molar-refractivity contribution in [2.75, 3.05) is 46.4 Å². The quantitative estimate of drug-likeness (QED) is 0.854. The van der Waals surface area contributed by atoms with Crippen LogP contribution in [-0.2, 0) is 0 Å². The summed E-state index contributed by atoms with van der Waals surface area (Å²) in [6, 6.07) is 3.48. The number of methoxy groups -OCH3 is 1. The number of hydrogen-bond donors (Lipinski definition) is 1. The van der Waals surface area contributed by atoms with E-state index in [4.69, 9.17) is 9.84 Å². The molecule has 6 nitrogen and oxygen atoms in total. The lowest BCUT2D eigenvalue weighted by atomic mass is 10.2. The van der Waals surface area contributed by atoms with Crippen LogP contribution in [-0.4, -0.2) is 72.2 Å². The van der Waals surface area contributed by atoms with Gasteiger partial charge in [-0.15, -0.1) is 0 Å². The maximum absolute atomic E-state index is 12.5. The summed E-state index contributed by atoms with van der Waals surface area (Å²) in [5.41, 5.74) is 0.505. The Hall–Kier alpha value is -1.66. The molecule has 1 amide bonds. The number of carbonyl (C=O) groups is 1. The number of amides is 1. The van der Waals surface area contributed by atoms with Gasteiger partial charge in [0.2, 0.25) is 5.88 Å². The number of rotatable bonds is 4. The van der Waals surface area contributed by atoms with Gasteiger partial charge in [-0.05, 0) is 25.1 Å². The number of β-amino-alcohol motifs (C(OH)–C–C–N with tert-alkyl or cyclic N) is 1. The molecule has 2 rings (SSSR count). The third-order valence-electron chi connectivity index (χ3n) is 3.49. The second-order valence-electron chi connectivity index (χ2n) is 4.77. The van der Waals surface area contributed by atoms with Crippen LogP contribution in [0.1, 0.15) is 16.8 Å². The molecule has 0 aromatic carbocycles. The molecule has 1 aliphatic heterocycles. The van der Waals surface area contributed by atoms with Crippen molar-refractivity contribution in [3.05, 3.63) is 23.9 Å². The minimum atomic E-state index is -0.0409. The molecule has 0 aliphatic carbocycles. The topological polar surface area (TPSA) is 65.9 Å². The van der Waals surface area contributed by atoms with Crippen LogP contribution in [0.5, 0.6) is 5.88 Å². The molecule has 0 spiro atoms. The van der Waals surface area contributed by atoms with Crippen LogP contribution in [0.3, 0.4) is 0 Å². The van der Waals surface area contributed by atoms with Gasteiger partial charge in [0.1, 0.15) is 5.56 Å². The number of aromatic nitrogens is 1. The van der Waals surface area contributed by atoms with Crippen LogP contribution >= 0.6 is 0 Å². The Morgan fingerprint density at radius 3 is 3.00 bits per heavy atom. The average Bonchev–Trinajstić information content (AvgIpc) is 2.72. The van der Waals surface area contributed by atoms with Gasteiger partial charge in [-0.2, -0.15) is 0 Å². The average molecular weight is 279 g/mol. The lowest BCUT2D eigenvalue weighted by Gasteiger charge is -2.22. The van der Waals surface area contributed by atoms with Crippen LogP contribution in [0.4, 0.5) is 0 Å². The van der Waals surface area contributed by atoms with Gasteiger partial charge in [0.25, 0.3) is 5.91 Å². The van der Waals surface area contributed by atoms with Crippen molar-refractivity contribution in [1.29, 1.82) is 0 Å². The summed E-state index contributed by atoms with van der Waals surface area (Å²) in [5, 5.41) is 8.98. The number of carbonyl (C=O) groups excluding carboxylic acids is 1. The molecule has 1 aliphatic rings. The number of aliphatic hydroxyl groups is 1. The Kier molecular flexibility index (Phi) is 5.31. The Morgan fingerprint density at radius 1 is 1.40 bits per heavy atom. The number of aliphatic hydroxyl groups excluding tert-OH is 1. The SMILES string of the molecule is COc1ncccc1C(=O)N1CCCN(CCO)CC1. The molecule has 0 atom stereocenters. The molecule has 1 aromatic heterocycles. The second kappa shape index (κ2) is 7.21. The van der Waals surface area contributed by atoms with Crippen LogP contribution in [0.25, 0.3) is 0 Å². The number of ether oxygens (including phenoxy) is 1. The molecule has 110 valence electrons. The maximum Gasteiger partial charge on any atom is 0.259 e. The van der Waals surface area contributed by atoms with Gasteiger partial charge in [0.05, 0.1) is 13.7 Å². The predicted molar refractivity (Wildman–Crippen MR) is 74.8 cm³/mol. The highest BCUT2D eigenvalue weighted by atomic mass is 16.5. The summed E-state index contributed by atoms with van der Waals surface area (Å²) >= 11 is 0. The van der Waals surface area contributed by atoms with E-state index in [-0.39, 0.29) is 12.5 Å². The normalized spacial score (nSPS) is 16.8. The Labute approximate surface area is 119 Å². The zero-order valence-corrected chi connectivity index (χ0v) is 11.8. The predicted octanol–water partition coefficient (Wildman–Crippen LogP) is 0.230. The monoisotopic (exact) mass is 279 g/mol. The summed E-state index contributed by atoms with van der Waals surface area (Å²) in [5.74, 6) is 0.328. The first-order chi connectivity index (χ1) is 9.76. The molecule has 0 unspecified atom stereocenters. The lowest BCUT2D eigenvalue weighted by Crippen LogP contribution is -2.36. The highest BCUT2D eigenvalue weighted by Crippen LogP contribution is 2.17. The fraction of sp³-hybridized carbons (Fsp3) is 0.571. The van der Waals surface area contributed by atoms with E-state index in [1.807, 2.05) is 4.90 Å². The van der Waals surface area contributed by atoms with Crippen molar-refractivity contribution in [2.45, 2.75) is 6.42 Å². The Balaban J connectivity index is 2.05. The molecule has 0 bridgehead atoms. The van der Waals surface area contributed by atoms with E-state index in [1.54, 1.807) is 18.3 Å². The third kappa shape index (κ3) is 3.46. The highest BCUT2D eigenvalue weighted by molar-refractivity contribution is 5.96. The Morgan fingerprint density at radius 2 is 2.25 bits per heavy atom. The summed E-state index contributed by atoms with van der Waals surface area (Å²) in [4.78, 5) is 20.6. The van der Waals surface area contributed by atoms with E-state index >= 15 is 0 Å². The minimum absolute atomic E-state index is 0.0409. The second-order valence-corrected chi connectivity index (χ2v) is 4.77. The van der Waals surface area contributed by atoms with Crippen LogP contribution in [0, 0.1) is 0 Å². The van der Waals surface area contributed by atoms with Gasteiger partial charge in [-0.1, -0.05) is 0 Å². The first-order valence-electron chi connectivity index (χ1n) is 6.87. The van der Waals surface area contributed by atoms with Crippen molar-refractivity contribution in [2.24, 2.45) is 0 Å². The molecule has 6 heteroatoms. The fourth-order valence-corrected chi connectivity index (χ4v) is 2.43. The molecule has 0 saturated carbocycles. The molecule has 0 radical (unpaired) electrons. The molecule has 1 fully saturated rings. The van der Waals surface area contributed by atoms with Crippen molar-refractivity contribution >= 4 is 5.91 Å². The summed E-state index contributed by atoms with van der Waals surface area (Å²) < 4.78 is 5.15. The zero-order chi connectivity index (χ0) is 14.4. The highest BCUT2D eigenvalue weighted by Gasteiger charge is 2.22. The van der Waals surface area contributed by atoms with Gasteiger partial charge in [-0.25, -0.2) is 4.98 Å². The first-order valence-corrected chi connectivity index (χ1v) is 6.87. The van der Waals surface area contributed by atoms with E-state index in [0.29, 0.717) is 24.5 Å². The maximum atomic E-state index is 12.5. The van der Waals surface area contributed by atoms with Gasteiger partial charge in [0.15, 0.2) is 0 Å². The van der Waals surface area contributed by atoms with E-state index in [2.05, 4.69) is 9.88 Å². The van der Waals surface area contributed by atoms with Gasteiger partial charge >= 0.3 is 0 Å². The Bertz CT molecular complexity index is 453. The number of pyridine rings is 1. The minimum Gasteiger partial charge on any atom is -0.480 e. The van der Waals surface area contributed by atoms with E-state index in [0.717, 1.165) is 26.1 Å². The van der Waals surface area contributed by atoms with Crippen molar-refractivity contribution < 1.29 is 14.6 Å². The van der Waals surface area contributed by atoms with Crippen LogP contribution in [0.15, 0.2) is 18.3 Å². The van der Waals surface area contributed by atoms with Gasteiger partial charge < -0.3 is 14.7 Å². The van der Waals surface area contributed by atoms with Crippen molar-refractivity contribution in [3.63, 3.8) is 0 Å². The first kappa shape index (κ1) is 14.7. The van der Waals surface area contributed by atoms with Gasteiger partial charge in [0, 0.05) is 32.4 Å². The molecule has 1 saturated heterocycles. The summed E-state index contributed by atoms with van der Waals surface area (Å²) in [7, 11) is 1.52. The zero-order valence-electron chi connectivity index (χ0n) is 11.8. The van der Waals surface area contributed by atoms with E-state index in [9.17, 15) is 4.79 Å². The molecule has 20 heavy (non-hydrogen) atoms. The van der Waals surface area contributed by atoms with Crippen LogP contribution in [0.2, 0.25) is 0 Å². The standard InChI is InChI=1S/C14H21N3O3/c1-20-13-12(4-2-5-15-13)14(19)17-7-3-6-16(8-9-17)10-11-18/h2,4-5,18H,3,6-11H2,1H3. The van der Waals surface area contributed by atoms with Crippen molar-refractivity contribution in [3.8, 4) is 5.88 Å². The number of hydrogen-bond acceptors (Lipinski definition) is 5. The third-order valence-corrected chi connectivity index (χ3v) is 3.49. The smallest absolute Gasteiger partial charge is 0.259 e. The molecule has 2 heterocycles. The van der Waals surface area contributed by atoms with Gasteiger partial charge in [-0.3, -0.25) is 9.69 Å². The van der Waals surface area contributed by atoms with Crippen LogP contribution < -0.4 is 4.74 Å². The number of nitrogens with zero attached hydrogens (tertiary/aromatic N) is 3. The fourth-order valence-electron chi connectivity index (χ4n) is 2.43. The summed E-state index contributed by atoms with van der Waals surface area (Å²) in [6.45, 7) is 3.90. The lowest BCUT2D eigenvalue weighted by molar-refractivity contribution is 0.0756.